The lowest BCUT2D eigenvalue weighted by molar-refractivity contribution is -0.177. The van der Waals surface area contributed by atoms with Gasteiger partial charge in [0.1, 0.15) is 0 Å². The Morgan fingerprint density at radius 1 is 0.414 bits per heavy atom. The average Bonchev–Trinajstić information content (AvgIpc) is 3.33. The van der Waals surface area contributed by atoms with E-state index in [9.17, 15) is 14.4 Å². The molecule has 4 fully saturated rings. The third kappa shape index (κ3) is 27.5. The summed E-state index contributed by atoms with van der Waals surface area (Å²) in [5, 5.41) is 0. The molecule has 0 heterocycles. The quantitative estimate of drug-likeness (QED) is 0.0251. The lowest BCUT2D eigenvalue weighted by Gasteiger charge is -2.67. The van der Waals surface area contributed by atoms with E-state index in [1.165, 1.54) is 77.0 Å². The van der Waals surface area contributed by atoms with Crippen LogP contribution < -0.4 is 0 Å². The van der Waals surface area contributed by atoms with Crippen molar-refractivity contribution in [3.63, 3.8) is 0 Å². The fraction of sp³-hybridized carbons (Fsp3) is 0.949. The Labute approximate surface area is 429 Å². The highest BCUT2D eigenvalue weighted by molar-refractivity contribution is 5.70. The third-order valence-corrected chi connectivity index (χ3v) is 15.7. The molecule has 0 spiro atoms. The van der Waals surface area contributed by atoms with Gasteiger partial charge in [-0.1, -0.05) is 105 Å². The molecule has 410 valence electrons. The summed E-state index contributed by atoms with van der Waals surface area (Å²) in [7, 11) is 4.13. The first-order chi connectivity index (χ1) is 34.0. The second-order valence-electron chi connectivity index (χ2n) is 22.8. The van der Waals surface area contributed by atoms with Crippen molar-refractivity contribution in [2.24, 2.45) is 22.2 Å². The van der Waals surface area contributed by atoms with E-state index in [1.54, 1.807) is 0 Å². The number of ether oxygens (including phenoxy) is 7. The molecular weight excluding hydrogens is 883 g/mol. The van der Waals surface area contributed by atoms with Crippen molar-refractivity contribution < 1.29 is 47.5 Å². The normalized spacial score (nSPS) is 21.6. The predicted molar refractivity (Wildman–Crippen MR) is 283 cm³/mol. The summed E-state index contributed by atoms with van der Waals surface area (Å²) in [6.45, 7) is 14.1. The molecule has 2 atom stereocenters. The van der Waals surface area contributed by atoms with Gasteiger partial charge in [-0.05, 0) is 178 Å². The predicted octanol–water partition coefficient (Wildman–Crippen LogP) is 14.6. The minimum absolute atomic E-state index is 0.0151. The number of unbranched alkanes of at least 4 members (excludes halogenated alkanes) is 15. The number of rotatable bonds is 48. The van der Waals surface area contributed by atoms with Gasteiger partial charge in [0.2, 0.25) is 0 Å². The second kappa shape index (κ2) is 37.9. The first-order valence-electron chi connectivity index (χ1n) is 29.6. The monoisotopic (exact) mass is 992 g/mol. The third-order valence-electron chi connectivity index (χ3n) is 15.7. The van der Waals surface area contributed by atoms with Crippen LogP contribution in [0.1, 0.15) is 259 Å². The summed E-state index contributed by atoms with van der Waals surface area (Å²) in [4.78, 5) is 42.1. The Morgan fingerprint density at radius 3 is 1.01 bits per heavy atom. The van der Waals surface area contributed by atoms with Crippen LogP contribution in [0.25, 0.3) is 0 Å². The van der Waals surface area contributed by atoms with Crippen LogP contribution in [0.5, 0.6) is 0 Å². The molecule has 0 aromatic rings. The highest BCUT2D eigenvalue weighted by atomic mass is 16.7. The molecule has 0 aromatic carbocycles. The minimum atomic E-state index is -0.190. The van der Waals surface area contributed by atoms with Crippen LogP contribution in [0.15, 0.2) is 0 Å². The molecule has 0 aliphatic heterocycles. The summed E-state index contributed by atoms with van der Waals surface area (Å²) >= 11 is 0. The lowest BCUT2D eigenvalue weighted by atomic mass is 9.37. The maximum atomic E-state index is 13.4. The van der Waals surface area contributed by atoms with Gasteiger partial charge in [0, 0.05) is 45.7 Å². The zero-order chi connectivity index (χ0) is 50.6. The molecule has 0 saturated heterocycles. The van der Waals surface area contributed by atoms with Gasteiger partial charge in [0.05, 0.1) is 19.8 Å². The minimum Gasteiger partial charge on any atom is -0.466 e. The number of carbonyl (C=O) groups excluding carboxylic acids is 3. The van der Waals surface area contributed by atoms with Gasteiger partial charge in [-0.15, -0.1) is 0 Å². The molecule has 11 heteroatoms. The summed E-state index contributed by atoms with van der Waals surface area (Å²) in [6, 6.07) is 0. The van der Waals surface area contributed by atoms with E-state index in [0.29, 0.717) is 45.0 Å². The molecule has 70 heavy (non-hydrogen) atoms. The highest BCUT2D eigenvalue weighted by Gasteiger charge is 2.62. The first kappa shape index (κ1) is 62.5. The summed E-state index contributed by atoms with van der Waals surface area (Å²) < 4.78 is 42.2. The Hall–Kier alpha value is -1.79. The summed E-state index contributed by atoms with van der Waals surface area (Å²) in [6.07, 6.45) is 35.4. The number of carbonyl (C=O) groups is 3. The zero-order valence-corrected chi connectivity index (χ0v) is 46.4. The van der Waals surface area contributed by atoms with E-state index in [-0.39, 0.29) is 46.7 Å². The zero-order valence-electron chi connectivity index (χ0n) is 46.4. The van der Waals surface area contributed by atoms with E-state index in [1.807, 2.05) is 0 Å². The number of hydrogen-bond acceptors (Lipinski definition) is 11. The van der Waals surface area contributed by atoms with Gasteiger partial charge in [0.15, 0.2) is 12.6 Å². The Kier molecular flexibility index (Phi) is 33.8. The van der Waals surface area contributed by atoms with Crippen LogP contribution in [-0.2, 0) is 47.5 Å². The van der Waals surface area contributed by atoms with Gasteiger partial charge >= 0.3 is 17.9 Å². The van der Waals surface area contributed by atoms with Gasteiger partial charge in [-0.25, -0.2) is 0 Å². The van der Waals surface area contributed by atoms with Crippen molar-refractivity contribution >= 4 is 17.9 Å². The topological polar surface area (TPSA) is 119 Å². The molecule has 4 saturated carbocycles. The molecule has 2 unspecified atom stereocenters. The van der Waals surface area contributed by atoms with Gasteiger partial charge in [-0.3, -0.25) is 14.4 Å². The molecule has 0 N–H and O–H groups in total. The maximum absolute atomic E-state index is 13.4. The Balaban J connectivity index is 1.52. The molecule has 4 rings (SSSR count). The molecule has 0 amide bonds. The van der Waals surface area contributed by atoms with Crippen molar-refractivity contribution in [2.45, 2.75) is 271 Å². The van der Waals surface area contributed by atoms with E-state index >= 15 is 0 Å². The van der Waals surface area contributed by atoms with Crippen molar-refractivity contribution in [1.29, 1.82) is 0 Å². The Bertz CT molecular complexity index is 1240. The smallest absolute Gasteiger partial charge is 0.305 e. The SMILES string of the molecule is CCCCCCOC(CCCCOC(=O)CCC12CC3CC(CCC(=O)OCCCCC(OCCCCCC)OCCCCCC)(C1)CC(CCC(=O)OCCCCN(C)C)(C3)C2)OCCCCCC. The number of hydrogen-bond donors (Lipinski definition) is 0. The van der Waals surface area contributed by atoms with Crippen LogP contribution in [-0.4, -0.2) is 102 Å². The lowest BCUT2D eigenvalue weighted by Crippen LogP contribution is -2.57. The molecule has 0 radical (unpaired) electrons. The average molecular weight is 993 g/mol. The van der Waals surface area contributed by atoms with Crippen LogP contribution in [0.4, 0.5) is 0 Å². The van der Waals surface area contributed by atoms with Gasteiger partial charge in [0.25, 0.3) is 0 Å². The van der Waals surface area contributed by atoms with E-state index < -0.39 is 0 Å². The maximum Gasteiger partial charge on any atom is 0.305 e. The van der Waals surface area contributed by atoms with Gasteiger partial charge < -0.3 is 38.1 Å². The number of nitrogens with zero attached hydrogens (tertiary/aromatic N) is 1. The summed E-state index contributed by atoms with van der Waals surface area (Å²) in [5.74, 6) is 0.221. The second-order valence-corrected chi connectivity index (χ2v) is 22.8. The fourth-order valence-electron chi connectivity index (χ4n) is 12.5. The van der Waals surface area contributed by atoms with Crippen molar-refractivity contribution in [3.8, 4) is 0 Å². The highest BCUT2D eigenvalue weighted by Crippen LogP contribution is 2.73. The van der Waals surface area contributed by atoms with Crippen LogP contribution >= 0.6 is 0 Å². The standard InChI is InChI=1S/C59H109NO10/c1-7-11-15-22-41-67-55(68-42-23-16-12-8-2)29-19-26-38-64-52(61)31-34-57-45-51-46-58(48-57,50-59(47-51,49-57)36-33-54(63)66-40-28-21-37-60(5)6)35-32-53(62)65-39-27-20-30-56(69-43-24-17-13-9-3)70-44-25-18-14-10-4/h51,55-56H,7-50H2,1-6H3. The molecule has 11 nitrogen and oxygen atoms in total. The molecule has 4 bridgehead atoms. The van der Waals surface area contributed by atoms with E-state index in [2.05, 4.69) is 46.7 Å². The molecule has 0 aromatic heterocycles. The van der Waals surface area contributed by atoms with Crippen molar-refractivity contribution in [1.82, 2.24) is 4.90 Å². The van der Waals surface area contributed by atoms with Crippen LogP contribution in [0.2, 0.25) is 0 Å². The largest absolute Gasteiger partial charge is 0.466 e. The Morgan fingerprint density at radius 2 is 0.714 bits per heavy atom. The number of esters is 3. The summed E-state index contributed by atoms with van der Waals surface area (Å²) in [5.41, 5.74) is 0.0546. The van der Waals surface area contributed by atoms with Gasteiger partial charge in [-0.2, -0.15) is 0 Å². The van der Waals surface area contributed by atoms with Crippen LogP contribution in [0, 0.1) is 22.2 Å². The van der Waals surface area contributed by atoms with E-state index in [0.717, 1.165) is 168 Å². The first-order valence-corrected chi connectivity index (χ1v) is 29.6. The van der Waals surface area contributed by atoms with Crippen LogP contribution in [0.3, 0.4) is 0 Å². The molecule has 4 aliphatic carbocycles. The van der Waals surface area contributed by atoms with Crippen molar-refractivity contribution in [2.75, 3.05) is 66.9 Å². The van der Waals surface area contributed by atoms with Crippen molar-refractivity contribution in [3.05, 3.63) is 0 Å². The molecule has 4 aliphatic rings. The fourth-order valence-corrected chi connectivity index (χ4v) is 12.5. The molecular formula is C59H109NO10. The van der Waals surface area contributed by atoms with E-state index in [4.69, 9.17) is 33.2 Å².